The third-order valence-corrected chi connectivity index (χ3v) is 5.41. The quantitative estimate of drug-likeness (QED) is 0.532. The first-order chi connectivity index (χ1) is 15.1. The highest BCUT2D eigenvalue weighted by Crippen LogP contribution is 2.37. The van der Waals surface area contributed by atoms with E-state index in [0.717, 1.165) is 0 Å². The van der Waals surface area contributed by atoms with Crippen molar-refractivity contribution in [1.29, 1.82) is 0 Å². The Morgan fingerprint density at radius 1 is 1.10 bits per heavy atom. The molecule has 5 rings (SSSR count). The summed E-state index contributed by atoms with van der Waals surface area (Å²) >= 11 is 0. The molecule has 31 heavy (non-hydrogen) atoms. The number of rotatable bonds is 4. The van der Waals surface area contributed by atoms with Gasteiger partial charge in [-0.2, -0.15) is 5.10 Å². The van der Waals surface area contributed by atoms with Gasteiger partial charge in [-0.15, -0.1) is 0 Å². The van der Waals surface area contributed by atoms with Crippen LogP contribution in [0.1, 0.15) is 28.4 Å². The number of hydrogen-bond acceptors (Lipinski definition) is 4. The van der Waals surface area contributed by atoms with Crippen molar-refractivity contribution in [2.75, 3.05) is 16.8 Å². The predicted octanol–water partition coefficient (Wildman–Crippen LogP) is 4.41. The first-order valence-electron chi connectivity index (χ1n) is 9.95. The van der Waals surface area contributed by atoms with Crippen molar-refractivity contribution in [2.24, 2.45) is 0 Å². The first-order valence-corrected chi connectivity index (χ1v) is 9.95. The van der Waals surface area contributed by atoms with Gasteiger partial charge in [0.1, 0.15) is 23.4 Å². The molecule has 0 unspecified atom stereocenters. The standard InChI is InChI=1S/C23H19F2N5O/c24-16-6-4-5-15(11-16)20-12-17(25)14-29(20)21-9-10-30-22(28-21)19(13-26-30)23(31)27-18-7-2-1-3-8-18/h1-11,13,17,20H,12,14H2,(H,27,31)/t17-,20+/m0/s1. The molecule has 4 aromatic rings. The first kappa shape index (κ1) is 19.2. The second kappa shape index (κ2) is 7.79. The van der Waals surface area contributed by atoms with Crippen molar-refractivity contribution in [3.8, 4) is 0 Å². The molecule has 0 spiro atoms. The molecule has 2 atom stereocenters. The number of benzene rings is 2. The smallest absolute Gasteiger partial charge is 0.261 e. The number of halogens is 2. The summed E-state index contributed by atoms with van der Waals surface area (Å²) in [4.78, 5) is 19.2. The van der Waals surface area contributed by atoms with Crippen LogP contribution < -0.4 is 10.2 Å². The topological polar surface area (TPSA) is 62.5 Å². The lowest BCUT2D eigenvalue weighted by Crippen LogP contribution is -2.25. The highest BCUT2D eigenvalue weighted by molar-refractivity contribution is 6.08. The summed E-state index contributed by atoms with van der Waals surface area (Å²) in [5.41, 5.74) is 2.03. The van der Waals surface area contributed by atoms with Crippen LogP contribution in [0.2, 0.25) is 0 Å². The fourth-order valence-corrected chi connectivity index (χ4v) is 3.97. The maximum atomic E-state index is 14.4. The number of fused-ring (bicyclic) bond motifs is 1. The van der Waals surface area contributed by atoms with Crippen LogP contribution in [0.3, 0.4) is 0 Å². The van der Waals surface area contributed by atoms with Crippen molar-refractivity contribution in [3.63, 3.8) is 0 Å². The monoisotopic (exact) mass is 419 g/mol. The van der Waals surface area contributed by atoms with Gasteiger partial charge < -0.3 is 10.2 Å². The van der Waals surface area contributed by atoms with E-state index in [1.165, 1.54) is 22.8 Å². The molecule has 156 valence electrons. The number of carbonyl (C=O) groups is 1. The Hall–Kier alpha value is -3.81. The third-order valence-electron chi connectivity index (χ3n) is 5.41. The van der Waals surface area contributed by atoms with Gasteiger partial charge in [-0.3, -0.25) is 4.79 Å². The Kier molecular flexibility index (Phi) is 4.82. The van der Waals surface area contributed by atoms with Crippen molar-refractivity contribution in [3.05, 3.63) is 90.0 Å². The normalized spacial score (nSPS) is 18.5. The van der Waals surface area contributed by atoms with Crippen LogP contribution in [0, 0.1) is 5.82 Å². The zero-order chi connectivity index (χ0) is 21.4. The van der Waals surface area contributed by atoms with Gasteiger partial charge in [0.2, 0.25) is 0 Å². The zero-order valence-electron chi connectivity index (χ0n) is 16.5. The average molecular weight is 419 g/mol. The Labute approximate surface area is 177 Å². The summed E-state index contributed by atoms with van der Waals surface area (Å²) in [6.07, 6.45) is 2.33. The minimum atomic E-state index is -1.06. The van der Waals surface area contributed by atoms with E-state index in [1.54, 1.807) is 36.5 Å². The maximum Gasteiger partial charge on any atom is 0.261 e. The van der Waals surface area contributed by atoms with Crippen molar-refractivity contribution < 1.29 is 13.6 Å². The van der Waals surface area contributed by atoms with E-state index in [-0.39, 0.29) is 30.7 Å². The molecule has 0 bridgehead atoms. The van der Waals surface area contributed by atoms with Gasteiger partial charge in [-0.05, 0) is 35.9 Å². The molecule has 3 heterocycles. The molecule has 1 saturated heterocycles. The number of hydrogen-bond donors (Lipinski definition) is 1. The van der Waals surface area contributed by atoms with Gasteiger partial charge in [0.25, 0.3) is 5.91 Å². The summed E-state index contributed by atoms with van der Waals surface area (Å²) in [7, 11) is 0. The fourth-order valence-electron chi connectivity index (χ4n) is 3.97. The fraction of sp³-hybridized carbons (Fsp3) is 0.174. The number of alkyl halides is 1. The Morgan fingerprint density at radius 2 is 1.94 bits per heavy atom. The minimum Gasteiger partial charge on any atom is -0.346 e. The summed E-state index contributed by atoms with van der Waals surface area (Å²) < 4.78 is 29.6. The summed E-state index contributed by atoms with van der Waals surface area (Å²) in [6.45, 7) is 0.143. The van der Waals surface area contributed by atoms with E-state index < -0.39 is 6.17 Å². The second-order valence-electron chi connectivity index (χ2n) is 7.49. The highest BCUT2D eigenvalue weighted by Gasteiger charge is 2.34. The lowest BCUT2D eigenvalue weighted by molar-refractivity contribution is 0.102. The van der Waals surface area contributed by atoms with E-state index in [2.05, 4.69) is 15.4 Å². The molecular weight excluding hydrogens is 400 g/mol. The predicted molar refractivity (Wildman–Crippen MR) is 113 cm³/mol. The molecule has 1 aliphatic heterocycles. The zero-order valence-corrected chi connectivity index (χ0v) is 16.5. The van der Waals surface area contributed by atoms with Crippen molar-refractivity contribution in [2.45, 2.75) is 18.6 Å². The molecule has 0 radical (unpaired) electrons. The van der Waals surface area contributed by atoms with Crippen molar-refractivity contribution >= 4 is 23.1 Å². The van der Waals surface area contributed by atoms with Gasteiger partial charge in [-0.25, -0.2) is 18.3 Å². The summed E-state index contributed by atoms with van der Waals surface area (Å²) in [5.74, 6) is -0.188. The van der Waals surface area contributed by atoms with E-state index in [4.69, 9.17) is 0 Å². The van der Waals surface area contributed by atoms with Crippen LogP contribution in [0.5, 0.6) is 0 Å². The largest absolute Gasteiger partial charge is 0.346 e. The maximum absolute atomic E-state index is 14.4. The molecule has 1 amide bonds. The highest BCUT2D eigenvalue weighted by atomic mass is 19.1. The lowest BCUT2D eigenvalue weighted by atomic mass is 10.0. The third kappa shape index (κ3) is 3.72. The number of nitrogens with one attached hydrogen (secondary N) is 1. The van der Waals surface area contributed by atoms with Crippen LogP contribution in [0.15, 0.2) is 73.1 Å². The Balaban J connectivity index is 1.49. The van der Waals surface area contributed by atoms with Gasteiger partial charge in [0.05, 0.1) is 18.8 Å². The number of para-hydroxylation sites is 1. The molecule has 0 aliphatic carbocycles. The summed E-state index contributed by atoms with van der Waals surface area (Å²) in [6, 6.07) is 16.7. The molecule has 0 saturated carbocycles. The van der Waals surface area contributed by atoms with E-state index in [9.17, 15) is 13.6 Å². The number of anilines is 2. The number of amides is 1. The van der Waals surface area contributed by atoms with Gasteiger partial charge >= 0.3 is 0 Å². The van der Waals surface area contributed by atoms with Crippen LogP contribution >= 0.6 is 0 Å². The van der Waals surface area contributed by atoms with Crippen LogP contribution in [0.4, 0.5) is 20.3 Å². The summed E-state index contributed by atoms with van der Waals surface area (Å²) in [5, 5.41) is 7.03. The molecule has 6 nitrogen and oxygen atoms in total. The van der Waals surface area contributed by atoms with Crippen LogP contribution in [0.25, 0.3) is 5.65 Å². The number of aromatic nitrogens is 3. The Bertz CT molecular complexity index is 1240. The van der Waals surface area contributed by atoms with E-state index >= 15 is 0 Å². The molecule has 1 aliphatic rings. The van der Waals surface area contributed by atoms with Gasteiger partial charge in [-0.1, -0.05) is 30.3 Å². The second-order valence-corrected chi connectivity index (χ2v) is 7.49. The van der Waals surface area contributed by atoms with Gasteiger partial charge in [0, 0.05) is 18.3 Å². The van der Waals surface area contributed by atoms with Gasteiger partial charge in [0.15, 0.2) is 5.65 Å². The van der Waals surface area contributed by atoms with Crippen LogP contribution in [-0.4, -0.2) is 33.2 Å². The molecule has 2 aromatic carbocycles. The van der Waals surface area contributed by atoms with Crippen LogP contribution in [-0.2, 0) is 0 Å². The Morgan fingerprint density at radius 3 is 2.74 bits per heavy atom. The number of nitrogens with zero attached hydrogens (tertiary/aromatic N) is 4. The van der Waals surface area contributed by atoms with E-state index in [1.807, 2.05) is 23.1 Å². The lowest BCUT2D eigenvalue weighted by Gasteiger charge is -2.25. The molecule has 8 heteroatoms. The molecule has 1 fully saturated rings. The SMILES string of the molecule is O=C(Nc1ccccc1)c1cnn2ccc(N3C[C@@H](F)C[C@@H]3c3cccc(F)c3)nc12. The molecular formula is C23H19F2N5O. The molecule has 1 N–H and O–H groups in total. The van der Waals surface area contributed by atoms with E-state index in [0.29, 0.717) is 28.3 Å². The average Bonchev–Trinajstić information content (AvgIpc) is 3.37. The molecule has 2 aromatic heterocycles. The minimum absolute atomic E-state index is 0.143. The van der Waals surface area contributed by atoms with Crippen molar-refractivity contribution in [1.82, 2.24) is 14.6 Å². The number of carbonyl (C=O) groups excluding carboxylic acids is 1.